The molecule has 0 heterocycles. The van der Waals surface area contributed by atoms with Gasteiger partial charge in [0.2, 0.25) is 0 Å². The van der Waals surface area contributed by atoms with Crippen molar-refractivity contribution in [3.63, 3.8) is 0 Å². The first kappa shape index (κ1) is 14.6. The molecule has 0 saturated heterocycles. The first-order chi connectivity index (χ1) is 8.97. The topological polar surface area (TPSA) is 21.3 Å². The quantitative estimate of drug-likeness (QED) is 0.665. The molecule has 0 radical (unpaired) electrons. The lowest BCUT2D eigenvalue weighted by atomic mass is 10.1. The Labute approximate surface area is 114 Å². The van der Waals surface area contributed by atoms with E-state index in [1.54, 1.807) is 0 Å². The van der Waals surface area contributed by atoms with Crippen molar-refractivity contribution >= 4 is 11.6 Å². The zero-order valence-electron chi connectivity index (χ0n) is 10.2. The van der Waals surface area contributed by atoms with E-state index in [0.29, 0.717) is 6.54 Å². The molecule has 1 aromatic carbocycles. The van der Waals surface area contributed by atoms with E-state index < -0.39 is 12.8 Å². The number of halogens is 4. The number of rotatable bonds is 5. The number of fused-ring (bicyclic) bond motifs is 1. The lowest BCUT2D eigenvalue weighted by molar-refractivity contribution is -0.173. The summed E-state index contributed by atoms with van der Waals surface area (Å²) >= 11 is 6.25. The van der Waals surface area contributed by atoms with E-state index in [0.717, 1.165) is 12.0 Å². The summed E-state index contributed by atoms with van der Waals surface area (Å²) in [5, 5.41) is 3.08. The van der Waals surface area contributed by atoms with Crippen molar-refractivity contribution < 1.29 is 17.9 Å². The largest absolute Gasteiger partial charge is 0.411 e. The maximum absolute atomic E-state index is 11.9. The van der Waals surface area contributed by atoms with Gasteiger partial charge < -0.3 is 10.1 Å². The highest BCUT2D eigenvalue weighted by Gasteiger charge is 2.30. The summed E-state index contributed by atoms with van der Waals surface area (Å²) in [7, 11) is 0. The van der Waals surface area contributed by atoms with Crippen LogP contribution in [0.15, 0.2) is 24.3 Å². The van der Waals surface area contributed by atoms with E-state index in [9.17, 15) is 13.2 Å². The van der Waals surface area contributed by atoms with Crippen molar-refractivity contribution in [1.82, 2.24) is 5.32 Å². The molecule has 1 N–H and O–H groups in total. The summed E-state index contributed by atoms with van der Waals surface area (Å²) in [6, 6.07) is 7.88. The highest BCUT2D eigenvalue weighted by molar-refractivity contribution is 6.21. The molecule has 2 nitrogen and oxygen atoms in total. The van der Waals surface area contributed by atoms with Crippen LogP contribution in [0.25, 0.3) is 0 Å². The average Bonchev–Trinajstić information content (AvgIpc) is 2.64. The van der Waals surface area contributed by atoms with Gasteiger partial charge in [-0.25, -0.2) is 0 Å². The molecule has 19 heavy (non-hydrogen) atoms. The lowest BCUT2D eigenvalue weighted by Crippen LogP contribution is -2.30. The number of alkyl halides is 4. The van der Waals surface area contributed by atoms with E-state index >= 15 is 0 Å². The second kappa shape index (κ2) is 6.11. The van der Waals surface area contributed by atoms with Gasteiger partial charge in [-0.2, -0.15) is 13.2 Å². The molecule has 2 unspecified atom stereocenters. The van der Waals surface area contributed by atoms with Crippen molar-refractivity contribution in [2.45, 2.75) is 24.0 Å². The molecular weight excluding hydrogens is 279 g/mol. The molecule has 0 spiro atoms. The van der Waals surface area contributed by atoms with Gasteiger partial charge in [0.05, 0.1) is 12.0 Å². The first-order valence-electron chi connectivity index (χ1n) is 6.07. The summed E-state index contributed by atoms with van der Waals surface area (Å²) in [4.78, 5) is 0. The van der Waals surface area contributed by atoms with Crippen molar-refractivity contribution in [2.75, 3.05) is 19.8 Å². The minimum atomic E-state index is -4.27. The zero-order chi connectivity index (χ0) is 13.9. The number of hydrogen-bond acceptors (Lipinski definition) is 2. The molecule has 106 valence electrons. The van der Waals surface area contributed by atoms with E-state index in [4.69, 9.17) is 11.6 Å². The van der Waals surface area contributed by atoms with Crippen LogP contribution in [0.4, 0.5) is 13.2 Å². The third-order valence-corrected chi connectivity index (χ3v) is 3.45. The third kappa shape index (κ3) is 4.09. The minimum Gasteiger partial charge on any atom is -0.371 e. The molecule has 1 aliphatic rings. The summed E-state index contributed by atoms with van der Waals surface area (Å²) in [6.45, 7) is -0.847. The van der Waals surface area contributed by atoms with Gasteiger partial charge in [0, 0.05) is 12.6 Å². The average molecular weight is 294 g/mol. The Hall–Kier alpha value is -0.780. The highest BCUT2D eigenvalue weighted by atomic mass is 35.5. The molecule has 0 aromatic heterocycles. The molecule has 0 amide bonds. The fraction of sp³-hybridized carbons (Fsp3) is 0.538. The van der Waals surface area contributed by atoms with Gasteiger partial charge in [-0.15, -0.1) is 11.6 Å². The smallest absolute Gasteiger partial charge is 0.371 e. The van der Waals surface area contributed by atoms with Crippen LogP contribution in [-0.4, -0.2) is 31.3 Å². The van der Waals surface area contributed by atoms with Crippen LogP contribution in [0.2, 0.25) is 0 Å². The van der Waals surface area contributed by atoms with Crippen molar-refractivity contribution in [3.05, 3.63) is 35.4 Å². The number of hydrogen-bond donors (Lipinski definition) is 1. The SMILES string of the molecule is FC(F)(F)COCCNC1c2ccccc2CC1Cl. The number of benzene rings is 1. The Kier molecular flexibility index (Phi) is 4.71. The second-order valence-electron chi connectivity index (χ2n) is 4.52. The molecule has 0 bridgehead atoms. The summed E-state index contributed by atoms with van der Waals surface area (Å²) in [5.41, 5.74) is 2.31. The van der Waals surface area contributed by atoms with Gasteiger partial charge in [0.15, 0.2) is 0 Å². The maximum atomic E-state index is 11.9. The molecule has 0 fully saturated rings. The molecule has 0 aliphatic heterocycles. The monoisotopic (exact) mass is 293 g/mol. The van der Waals surface area contributed by atoms with E-state index in [-0.39, 0.29) is 18.0 Å². The first-order valence-corrected chi connectivity index (χ1v) is 6.51. The van der Waals surface area contributed by atoms with E-state index in [1.165, 1.54) is 5.56 Å². The summed E-state index contributed by atoms with van der Waals surface area (Å²) in [5.74, 6) is 0. The summed E-state index contributed by atoms with van der Waals surface area (Å²) in [6.07, 6.45) is -3.49. The Balaban J connectivity index is 1.78. The lowest BCUT2D eigenvalue weighted by Gasteiger charge is -2.17. The molecule has 0 saturated carbocycles. The Morgan fingerprint density at radius 3 is 2.79 bits per heavy atom. The molecule has 2 atom stereocenters. The van der Waals surface area contributed by atoms with Crippen LogP contribution in [0.5, 0.6) is 0 Å². The Morgan fingerprint density at radius 1 is 1.32 bits per heavy atom. The molecule has 2 rings (SSSR count). The zero-order valence-corrected chi connectivity index (χ0v) is 11.0. The maximum Gasteiger partial charge on any atom is 0.411 e. The molecule has 6 heteroatoms. The van der Waals surface area contributed by atoms with E-state index in [2.05, 4.69) is 10.1 Å². The Morgan fingerprint density at radius 2 is 2.05 bits per heavy atom. The van der Waals surface area contributed by atoms with Gasteiger partial charge in [0.25, 0.3) is 0 Å². The van der Waals surface area contributed by atoms with Gasteiger partial charge in [0.1, 0.15) is 6.61 Å². The molecular formula is C13H15ClF3NO. The standard InChI is InChI=1S/C13H15ClF3NO/c14-11-7-9-3-1-2-4-10(9)12(11)18-5-6-19-8-13(15,16)17/h1-4,11-12,18H,5-8H2. The van der Waals surface area contributed by atoms with Crippen molar-refractivity contribution in [2.24, 2.45) is 0 Å². The van der Waals surface area contributed by atoms with Gasteiger partial charge in [-0.1, -0.05) is 24.3 Å². The van der Waals surface area contributed by atoms with Gasteiger partial charge >= 0.3 is 6.18 Å². The van der Waals surface area contributed by atoms with Crippen molar-refractivity contribution in [1.29, 1.82) is 0 Å². The van der Waals surface area contributed by atoms with Gasteiger partial charge in [-0.3, -0.25) is 0 Å². The van der Waals surface area contributed by atoms with Crippen LogP contribution in [0.1, 0.15) is 17.2 Å². The van der Waals surface area contributed by atoms with E-state index in [1.807, 2.05) is 24.3 Å². The molecule has 1 aromatic rings. The predicted molar refractivity (Wildman–Crippen MR) is 67.4 cm³/mol. The molecule has 1 aliphatic carbocycles. The minimum absolute atomic E-state index is 0.0157. The second-order valence-corrected chi connectivity index (χ2v) is 5.08. The Bertz CT molecular complexity index is 425. The normalized spacial score (nSPS) is 22.5. The summed E-state index contributed by atoms with van der Waals surface area (Å²) < 4.78 is 40.2. The fourth-order valence-electron chi connectivity index (χ4n) is 2.26. The fourth-order valence-corrected chi connectivity index (χ4v) is 2.65. The third-order valence-electron chi connectivity index (χ3n) is 3.04. The van der Waals surface area contributed by atoms with Crippen LogP contribution in [0, 0.1) is 0 Å². The highest BCUT2D eigenvalue weighted by Crippen LogP contribution is 2.34. The van der Waals surface area contributed by atoms with Crippen LogP contribution < -0.4 is 5.32 Å². The van der Waals surface area contributed by atoms with Crippen LogP contribution >= 0.6 is 11.6 Å². The number of nitrogens with one attached hydrogen (secondary N) is 1. The van der Waals surface area contributed by atoms with Crippen LogP contribution in [-0.2, 0) is 11.2 Å². The van der Waals surface area contributed by atoms with Gasteiger partial charge in [-0.05, 0) is 17.5 Å². The number of ether oxygens (including phenoxy) is 1. The van der Waals surface area contributed by atoms with Crippen molar-refractivity contribution in [3.8, 4) is 0 Å². The van der Waals surface area contributed by atoms with Crippen LogP contribution in [0.3, 0.4) is 0 Å². The predicted octanol–water partition coefficient (Wildman–Crippen LogP) is 3.06.